The number of guanidine groups is 1. The van der Waals surface area contributed by atoms with E-state index in [0.29, 0.717) is 35.3 Å². The minimum Gasteiger partial charge on any atom is -0.507 e. The van der Waals surface area contributed by atoms with E-state index in [9.17, 15) is 9.90 Å². The highest BCUT2D eigenvalue weighted by molar-refractivity contribution is 6.34. The largest absolute Gasteiger partial charge is 0.507 e. The van der Waals surface area contributed by atoms with E-state index in [1.165, 1.54) is 12.1 Å². The number of carbonyl (C=O) groups excluding carboxylic acids is 1. The average molecular weight is 356 g/mol. The van der Waals surface area contributed by atoms with Gasteiger partial charge in [0.1, 0.15) is 5.75 Å². The van der Waals surface area contributed by atoms with E-state index in [0.717, 1.165) is 0 Å². The number of nitrogens with one attached hydrogen (secondary N) is 2. The van der Waals surface area contributed by atoms with Gasteiger partial charge in [0.25, 0.3) is 5.91 Å². The summed E-state index contributed by atoms with van der Waals surface area (Å²) in [4.78, 5) is 24.4. The normalized spacial score (nSPS) is 12.9. The van der Waals surface area contributed by atoms with Gasteiger partial charge in [0.15, 0.2) is 11.6 Å². The van der Waals surface area contributed by atoms with Gasteiger partial charge in [-0.15, -0.1) is 0 Å². The molecule has 0 spiro atoms. The number of nitrogens with zero attached hydrogens (tertiary/aromatic N) is 3. The number of phenolic OH excluding ortho intramolecular Hbond substituents is 1. The average Bonchev–Trinajstić information content (AvgIpc) is 3.10. The van der Waals surface area contributed by atoms with Gasteiger partial charge in [-0.25, -0.2) is 4.85 Å². The van der Waals surface area contributed by atoms with Crippen molar-refractivity contribution in [3.05, 3.63) is 52.1 Å². The van der Waals surface area contributed by atoms with Crippen molar-refractivity contribution in [3.63, 3.8) is 0 Å². The molecular weight excluding hydrogens is 342 g/mol. The van der Waals surface area contributed by atoms with E-state index in [4.69, 9.17) is 18.2 Å². The lowest BCUT2D eigenvalue weighted by atomic mass is 9.96. The van der Waals surface area contributed by atoms with Crippen LogP contribution in [0.5, 0.6) is 5.75 Å². The van der Waals surface area contributed by atoms with Crippen LogP contribution in [-0.4, -0.2) is 35.0 Å². The number of phenols is 1. The fourth-order valence-corrected chi connectivity index (χ4v) is 2.78. The highest BCUT2D eigenvalue weighted by Gasteiger charge is 2.24. The van der Waals surface area contributed by atoms with E-state index in [1.54, 1.807) is 19.2 Å². The van der Waals surface area contributed by atoms with Crippen molar-refractivity contribution < 1.29 is 9.90 Å². The first-order valence-corrected chi connectivity index (χ1v) is 7.85. The summed E-state index contributed by atoms with van der Waals surface area (Å²) >= 11 is 6.34. The van der Waals surface area contributed by atoms with Gasteiger partial charge >= 0.3 is 0 Å². The Bertz CT molecular complexity index is 933. The van der Waals surface area contributed by atoms with Crippen molar-refractivity contribution in [1.82, 2.24) is 15.6 Å². The van der Waals surface area contributed by atoms with Crippen LogP contribution in [0, 0.1) is 13.5 Å². The van der Waals surface area contributed by atoms with E-state index >= 15 is 0 Å². The van der Waals surface area contributed by atoms with Gasteiger partial charge < -0.3 is 10.4 Å². The zero-order valence-corrected chi connectivity index (χ0v) is 14.1. The Labute approximate surface area is 149 Å². The molecule has 0 bridgehead atoms. The molecule has 0 aliphatic carbocycles. The minimum atomic E-state index is -0.573. The molecule has 1 aromatic carbocycles. The molecule has 1 amide bonds. The van der Waals surface area contributed by atoms with Gasteiger partial charge in [0.2, 0.25) is 0 Å². The topological polar surface area (TPSA) is 91.0 Å². The lowest BCUT2D eigenvalue weighted by Crippen LogP contribution is -2.38. The van der Waals surface area contributed by atoms with E-state index in [-0.39, 0.29) is 22.6 Å². The number of aromatic hydroxyl groups is 1. The van der Waals surface area contributed by atoms with E-state index in [1.807, 2.05) is 0 Å². The molecule has 1 aromatic heterocycles. The SMILES string of the molecule is [C-]#[N+]c1ccc(O)c(C(=O)NC2=NCCN2)c1-c1ccnc(C)c1Cl. The molecule has 2 heterocycles. The zero-order valence-electron chi connectivity index (χ0n) is 13.3. The molecule has 3 rings (SSSR count). The molecule has 2 aromatic rings. The van der Waals surface area contributed by atoms with Crippen LogP contribution in [0.2, 0.25) is 5.02 Å². The summed E-state index contributed by atoms with van der Waals surface area (Å²) in [6.07, 6.45) is 1.54. The fraction of sp³-hybridized carbons (Fsp3) is 0.176. The molecule has 7 nitrogen and oxygen atoms in total. The number of aromatic nitrogens is 1. The monoisotopic (exact) mass is 355 g/mol. The summed E-state index contributed by atoms with van der Waals surface area (Å²) < 4.78 is 0. The molecule has 0 atom stereocenters. The highest BCUT2D eigenvalue weighted by Crippen LogP contribution is 2.41. The number of carbonyl (C=O) groups is 1. The van der Waals surface area contributed by atoms with Crippen molar-refractivity contribution in [2.45, 2.75) is 6.92 Å². The Hall–Kier alpha value is -3.11. The molecule has 1 aliphatic heterocycles. The van der Waals surface area contributed by atoms with Crippen molar-refractivity contribution in [1.29, 1.82) is 0 Å². The molecule has 0 unspecified atom stereocenters. The second-order valence-electron chi connectivity index (χ2n) is 5.33. The van der Waals surface area contributed by atoms with Crippen molar-refractivity contribution in [3.8, 4) is 16.9 Å². The van der Waals surface area contributed by atoms with E-state index < -0.39 is 5.91 Å². The van der Waals surface area contributed by atoms with Crippen LogP contribution in [0.1, 0.15) is 16.1 Å². The number of hydrogen-bond donors (Lipinski definition) is 3. The number of rotatable bonds is 2. The molecule has 0 fully saturated rings. The van der Waals surface area contributed by atoms with Crippen LogP contribution in [0.25, 0.3) is 16.0 Å². The van der Waals surface area contributed by atoms with Crippen LogP contribution >= 0.6 is 11.6 Å². The number of pyridine rings is 1. The number of benzene rings is 1. The third-order valence-corrected chi connectivity index (χ3v) is 4.22. The molecule has 126 valence electrons. The quantitative estimate of drug-likeness (QED) is 0.722. The first-order chi connectivity index (χ1) is 12.0. The molecule has 0 saturated heterocycles. The molecule has 3 N–H and O–H groups in total. The van der Waals surface area contributed by atoms with Crippen LogP contribution in [-0.2, 0) is 0 Å². The van der Waals surface area contributed by atoms with Crippen LogP contribution in [0.4, 0.5) is 5.69 Å². The molecule has 8 heteroatoms. The highest BCUT2D eigenvalue weighted by atomic mass is 35.5. The van der Waals surface area contributed by atoms with Crippen molar-refractivity contribution in [2.24, 2.45) is 4.99 Å². The van der Waals surface area contributed by atoms with Gasteiger partial charge in [-0.3, -0.25) is 20.1 Å². The molecule has 25 heavy (non-hydrogen) atoms. The maximum Gasteiger partial charge on any atom is 0.261 e. The molecule has 0 saturated carbocycles. The number of aliphatic imine (C=N–C) groups is 1. The third-order valence-electron chi connectivity index (χ3n) is 3.75. The van der Waals surface area contributed by atoms with Crippen molar-refractivity contribution in [2.75, 3.05) is 13.1 Å². The number of amides is 1. The summed E-state index contributed by atoms with van der Waals surface area (Å²) in [7, 11) is 0. The van der Waals surface area contributed by atoms with Gasteiger partial charge in [-0.2, -0.15) is 0 Å². The zero-order chi connectivity index (χ0) is 18.0. The second-order valence-corrected chi connectivity index (χ2v) is 5.71. The molecular formula is C17H14ClN5O2. The summed E-state index contributed by atoms with van der Waals surface area (Å²) in [5.74, 6) is -0.485. The second kappa shape index (κ2) is 6.79. The number of hydrogen-bond acceptors (Lipinski definition) is 5. The van der Waals surface area contributed by atoms with Crippen LogP contribution < -0.4 is 10.6 Å². The van der Waals surface area contributed by atoms with Crippen LogP contribution in [0.3, 0.4) is 0 Å². The lowest BCUT2D eigenvalue weighted by molar-refractivity contribution is 0.0974. The Morgan fingerprint density at radius 1 is 1.44 bits per heavy atom. The van der Waals surface area contributed by atoms with Gasteiger partial charge in [-0.1, -0.05) is 17.7 Å². The summed E-state index contributed by atoms with van der Waals surface area (Å²) in [6, 6.07) is 4.38. The molecule has 0 radical (unpaired) electrons. The third kappa shape index (κ3) is 3.12. The standard InChI is InChI=1S/C17H14ClN5O2/c1-9-15(18)10(5-6-20-9)13-11(19-2)3-4-12(24)14(13)16(25)23-17-21-7-8-22-17/h3-6,24H,7-8H2,1H3,(H2,21,22,23,25). The Morgan fingerprint density at radius 3 is 2.92 bits per heavy atom. The number of aryl methyl sites for hydroxylation is 1. The summed E-state index contributed by atoms with van der Waals surface area (Å²) in [5, 5.41) is 16.2. The fourth-order valence-electron chi connectivity index (χ4n) is 2.57. The smallest absolute Gasteiger partial charge is 0.261 e. The Morgan fingerprint density at radius 2 is 2.24 bits per heavy atom. The predicted octanol–water partition coefficient (Wildman–Crippen LogP) is 2.66. The maximum absolute atomic E-state index is 12.7. The summed E-state index contributed by atoms with van der Waals surface area (Å²) in [6.45, 7) is 10.3. The Balaban J connectivity index is 2.19. The molecule has 1 aliphatic rings. The summed E-state index contributed by atoms with van der Waals surface area (Å²) in [5.41, 5.74) is 1.46. The van der Waals surface area contributed by atoms with Crippen molar-refractivity contribution >= 4 is 29.2 Å². The van der Waals surface area contributed by atoms with Gasteiger partial charge in [-0.05, 0) is 24.6 Å². The number of halogens is 1. The minimum absolute atomic E-state index is 0.0302. The maximum atomic E-state index is 12.7. The van der Waals surface area contributed by atoms with Gasteiger partial charge in [0, 0.05) is 18.3 Å². The van der Waals surface area contributed by atoms with Gasteiger partial charge in [0.05, 0.1) is 29.4 Å². The predicted molar refractivity (Wildman–Crippen MR) is 95.1 cm³/mol. The first kappa shape index (κ1) is 16.7. The van der Waals surface area contributed by atoms with Crippen LogP contribution in [0.15, 0.2) is 29.4 Å². The lowest BCUT2D eigenvalue weighted by Gasteiger charge is -2.15. The Kier molecular flexibility index (Phi) is 4.55. The van der Waals surface area contributed by atoms with E-state index in [2.05, 4.69) is 25.5 Å². The first-order valence-electron chi connectivity index (χ1n) is 7.47.